The summed E-state index contributed by atoms with van der Waals surface area (Å²) in [6.45, 7) is 3.68. The number of carbonyl (C=O) groups excluding carboxylic acids is 1. The lowest BCUT2D eigenvalue weighted by molar-refractivity contribution is 0.241. The predicted octanol–water partition coefficient (Wildman–Crippen LogP) is 4.46. The highest BCUT2D eigenvalue weighted by molar-refractivity contribution is 7.90. The molecule has 174 valence electrons. The first-order valence-electron chi connectivity index (χ1n) is 10.9. The maximum Gasteiger partial charge on any atom is 0.329 e. The van der Waals surface area contributed by atoms with E-state index in [4.69, 9.17) is 0 Å². The van der Waals surface area contributed by atoms with Gasteiger partial charge in [-0.25, -0.2) is 22.9 Å². The van der Waals surface area contributed by atoms with Gasteiger partial charge in [0.1, 0.15) is 5.82 Å². The Morgan fingerprint density at radius 1 is 0.912 bits per heavy atom. The van der Waals surface area contributed by atoms with Gasteiger partial charge >= 0.3 is 6.03 Å². The number of hydrogen-bond acceptors (Lipinski definition) is 4. The summed E-state index contributed by atoms with van der Waals surface area (Å²) in [6, 6.07) is 22.7. The zero-order valence-corrected chi connectivity index (χ0v) is 19.8. The number of amides is 2. The van der Waals surface area contributed by atoms with Gasteiger partial charge in [0.25, 0.3) is 10.0 Å². The fourth-order valence-electron chi connectivity index (χ4n) is 3.89. The first-order valence-corrected chi connectivity index (χ1v) is 12.4. The second-order valence-corrected chi connectivity index (χ2v) is 9.68. The van der Waals surface area contributed by atoms with E-state index < -0.39 is 22.1 Å². The molecule has 4 aromatic rings. The number of benzene rings is 3. The van der Waals surface area contributed by atoms with Crippen molar-refractivity contribution >= 4 is 16.1 Å². The van der Waals surface area contributed by atoms with E-state index in [2.05, 4.69) is 15.0 Å². The van der Waals surface area contributed by atoms with Crippen LogP contribution in [0.2, 0.25) is 0 Å². The van der Waals surface area contributed by atoms with Gasteiger partial charge in [-0.05, 0) is 49.1 Å². The zero-order chi connectivity index (χ0) is 24.1. The summed E-state index contributed by atoms with van der Waals surface area (Å²) in [4.78, 5) is 17.5. The van der Waals surface area contributed by atoms with E-state index in [1.165, 1.54) is 6.07 Å². The van der Waals surface area contributed by atoms with Crippen molar-refractivity contribution < 1.29 is 13.2 Å². The monoisotopic (exact) mass is 474 g/mol. The quantitative estimate of drug-likeness (QED) is 0.414. The average molecular weight is 475 g/mol. The first-order chi connectivity index (χ1) is 16.3. The minimum atomic E-state index is -4.04. The number of carbonyl (C=O) groups is 1. The molecule has 0 aliphatic heterocycles. The lowest BCUT2D eigenvalue weighted by atomic mass is 10.0. The minimum absolute atomic E-state index is 0.0613. The van der Waals surface area contributed by atoms with Crippen LogP contribution in [0, 0.1) is 13.8 Å². The number of nitrogens with zero attached hydrogens (tertiary/aromatic N) is 2. The molecule has 0 fully saturated rings. The number of urea groups is 1. The van der Waals surface area contributed by atoms with Gasteiger partial charge in [-0.15, -0.1) is 0 Å². The van der Waals surface area contributed by atoms with E-state index in [1.807, 2.05) is 72.3 Å². The molecule has 0 radical (unpaired) electrons. The Bertz CT molecular complexity index is 1400. The third kappa shape index (κ3) is 5.18. The molecule has 34 heavy (non-hydrogen) atoms. The molecule has 1 aromatic heterocycles. The third-order valence-electron chi connectivity index (χ3n) is 5.55. The van der Waals surface area contributed by atoms with Crippen LogP contribution in [0.1, 0.15) is 28.6 Å². The number of aromatic nitrogens is 2. The van der Waals surface area contributed by atoms with Crippen molar-refractivity contribution in [2.75, 3.05) is 0 Å². The van der Waals surface area contributed by atoms with Crippen molar-refractivity contribution in [2.45, 2.75) is 31.2 Å². The number of rotatable bonds is 7. The zero-order valence-electron chi connectivity index (χ0n) is 19.0. The summed E-state index contributed by atoms with van der Waals surface area (Å²) in [5, 5.41) is 2.83. The molecule has 0 saturated carbocycles. The Morgan fingerprint density at radius 3 is 2.26 bits per heavy atom. The van der Waals surface area contributed by atoms with E-state index in [0.29, 0.717) is 17.8 Å². The maximum atomic E-state index is 12.9. The molecule has 0 bridgehead atoms. The van der Waals surface area contributed by atoms with Crippen LogP contribution >= 0.6 is 0 Å². The summed E-state index contributed by atoms with van der Waals surface area (Å²) in [5.41, 5.74) is 3.52. The molecular weight excluding hydrogens is 448 g/mol. The van der Waals surface area contributed by atoms with Crippen molar-refractivity contribution in [3.05, 3.63) is 114 Å². The van der Waals surface area contributed by atoms with Gasteiger partial charge in [-0.2, -0.15) is 0 Å². The molecule has 4 rings (SSSR count). The first kappa shape index (κ1) is 23.3. The van der Waals surface area contributed by atoms with E-state index >= 15 is 0 Å². The van der Waals surface area contributed by atoms with Crippen molar-refractivity contribution in [3.8, 4) is 5.69 Å². The second kappa shape index (κ2) is 9.93. The maximum absolute atomic E-state index is 12.9. The van der Waals surface area contributed by atoms with Crippen molar-refractivity contribution in [1.82, 2.24) is 19.6 Å². The number of sulfonamides is 1. The Balaban J connectivity index is 1.65. The van der Waals surface area contributed by atoms with Crippen LogP contribution < -0.4 is 10.0 Å². The van der Waals surface area contributed by atoms with Crippen LogP contribution in [-0.2, 0) is 16.4 Å². The topological polar surface area (TPSA) is 93.1 Å². The molecule has 8 heteroatoms. The Kier molecular flexibility index (Phi) is 6.79. The summed E-state index contributed by atoms with van der Waals surface area (Å²) < 4.78 is 29.7. The van der Waals surface area contributed by atoms with Gasteiger partial charge in [0.05, 0.1) is 10.9 Å². The van der Waals surface area contributed by atoms with Crippen LogP contribution in [0.5, 0.6) is 0 Å². The molecular formula is C26H26N4O3S. The largest absolute Gasteiger partial charge is 0.329 e. The van der Waals surface area contributed by atoms with Crippen molar-refractivity contribution in [1.29, 1.82) is 0 Å². The molecule has 3 aromatic carbocycles. The molecule has 0 saturated heterocycles. The fourth-order valence-corrected chi connectivity index (χ4v) is 5.05. The number of imidazole rings is 1. The van der Waals surface area contributed by atoms with Crippen molar-refractivity contribution in [2.24, 2.45) is 0 Å². The summed E-state index contributed by atoms with van der Waals surface area (Å²) in [7, 11) is -4.04. The van der Waals surface area contributed by atoms with Crippen molar-refractivity contribution in [3.63, 3.8) is 0 Å². The SMILES string of the molecule is Cc1ccccc1-n1ccnc1C(Cc1ccccc1)NC(=O)NS(=O)(=O)c1ccccc1C. The van der Waals surface area contributed by atoms with Crippen LogP contribution in [-0.4, -0.2) is 24.0 Å². The fraction of sp³-hybridized carbons (Fsp3) is 0.154. The van der Waals surface area contributed by atoms with Gasteiger partial charge in [-0.3, -0.25) is 0 Å². The lowest BCUT2D eigenvalue weighted by Gasteiger charge is -2.21. The van der Waals surface area contributed by atoms with E-state index in [-0.39, 0.29) is 4.90 Å². The number of nitrogens with one attached hydrogen (secondary N) is 2. The molecule has 1 atom stereocenters. The highest BCUT2D eigenvalue weighted by Gasteiger charge is 2.25. The third-order valence-corrected chi connectivity index (χ3v) is 7.05. The summed E-state index contributed by atoms with van der Waals surface area (Å²) in [6.07, 6.45) is 3.93. The molecule has 2 amide bonds. The van der Waals surface area contributed by atoms with Gasteiger partial charge in [0.15, 0.2) is 0 Å². The van der Waals surface area contributed by atoms with Crippen LogP contribution in [0.3, 0.4) is 0 Å². The minimum Gasteiger partial charge on any atom is -0.327 e. The summed E-state index contributed by atoms with van der Waals surface area (Å²) in [5.74, 6) is 0.599. The van der Waals surface area contributed by atoms with Gasteiger partial charge in [-0.1, -0.05) is 66.7 Å². The smallest absolute Gasteiger partial charge is 0.327 e. The molecule has 0 aliphatic carbocycles. The Hall–Kier alpha value is -3.91. The molecule has 2 N–H and O–H groups in total. The van der Waals surface area contributed by atoms with Gasteiger partial charge in [0, 0.05) is 18.1 Å². The van der Waals surface area contributed by atoms with Gasteiger partial charge in [0.2, 0.25) is 0 Å². The Labute approximate surface area is 199 Å². The average Bonchev–Trinajstić information content (AvgIpc) is 3.29. The summed E-state index contributed by atoms with van der Waals surface area (Å²) >= 11 is 0. The number of para-hydroxylation sites is 1. The van der Waals surface area contributed by atoms with Crippen LogP contribution in [0.25, 0.3) is 5.69 Å². The highest BCUT2D eigenvalue weighted by atomic mass is 32.2. The number of aryl methyl sites for hydroxylation is 2. The predicted molar refractivity (Wildman–Crippen MR) is 131 cm³/mol. The second-order valence-electron chi connectivity index (χ2n) is 8.03. The molecule has 0 aliphatic rings. The lowest BCUT2D eigenvalue weighted by Crippen LogP contribution is -2.42. The standard InChI is InChI=1S/C26H26N4O3S/c1-19-10-6-8-14-23(19)30-17-16-27-25(30)22(18-21-12-4-3-5-13-21)28-26(31)29-34(32,33)24-15-9-7-11-20(24)2/h3-17,22H,18H2,1-2H3,(H2,28,29,31). The van der Waals surface area contributed by atoms with Crippen LogP contribution in [0.4, 0.5) is 4.79 Å². The van der Waals surface area contributed by atoms with E-state index in [1.54, 1.807) is 31.3 Å². The normalized spacial score (nSPS) is 12.2. The molecule has 7 nitrogen and oxygen atoms in total. The van der Waals surface area contributed by atoms with E-state index in [0.717, 1.165) is 16.8 Å². The molecule has 0 spiro atoms. The Morgan fingerprint density at radius 2 is 1.56 bits per heavy atom. The number of hydrogen-bond donors (Lipinski definition) is 2. The molecule has 1 unspecified atom stereocenters. The van der Waals surface area contributed by atoms with Gasteiger partial charge < -0.3 is 9.88 Å². The van der Waals surface area contributed by atoms with Crippen LogP contribution in [0.15, 0.2) is 96.2 Å². The highest BCUT2D eigenvalue weighted by Crippen LogP contribution is 2.23. The van der Waals surface area contributed by atoms with E-state index in [9.17, 15) is 13.2 Å². The molecule has 1 heterocycles.